The molecule has 0 fully saturated rings. The lowest BCUT2D eigenvalue weighted by Gasteiger charge is -2.05. The Morgan fingerprint density at radius 2 is 1.95 bits per heavy atom. The van der Waals surface area contributed by atoms with Gasteiger partial charge in [-0.2, -0.15) is 0 Å². The third-order valence-corrected chi connectivity index (χ3v) is 2.89. The first-order valence-corrected chi connectivity index (χ1v) is 5.79. The summed E-state index contributed by atoms with van der Waals surface area (Å²) in [4.78, 5) is 27.2. The van der Waals surface area contributed by atoms with Crippen molar-refractivity contribution in [3.63, 3.8) is 0 Å². The van der Waals surface area contributed by atoms with Crippen molar-refractivity contribution in [2.75, 3.05) is 6.79 Å². The average molecular weight is 271 g/mol. The Morgan fingerprint density at radius 1 is 1.15 bits per heavy atom. The predicted octanol–water partition coefficient (Wildman–Crippen LogP) is 1.74. The molecule has 1 aliphatic heterocycles. The van der Waals surface area contributed by atoms with Crippen LogP contribution in [0.25, 0.3) is 0 Å². The van der Waals surface area contributed by atoms with Crippen LogP contribution in [-0.4, -0.2) is 28.6 Å². The van der Waals surface area contributed by atoms with Crippen LogP contribution in [0.2, 0.25) is 0 Å². The molecule has 0 spiro atoms. The Kier molecular flexibility index (Phi) is 2.83. The molecule has 3 rings (SSSR count). The van der Waals surface area contributed by atoms with Crippen molar-refractivity contribution < 1.29 is 24.2 Å². The molecule has 2 aromatic rings. The van der Waals surface area contributed by atoms with E-state index >= 15 is 0 Å². The van der Waals surface area contributed by atoms with Crippen LogP contribution in [0, 0.1) is 0 Å². The maximum atomic E-state index is 12.4. The van der Waals surface area contributed by atoms with E-state index in [1.807, 2.05) is 0 Å². The highest BCUT2D eigenvalue weighted by Gasteiger charge is 2.21. The van der Waals surface area contributed by atoms with Crippen molar-refractivity contribution >= 4 is 11.8 Å². The third kappa shape index (κ3) is 1.97. The zero-order valence-electron chi connectivity index (χ0n) is 10.2. The summed E-state index contributed by atoms with van der Waals surface area (Å²) in [7, 11) is 0. The Morgan fingerprint density at radius 3 is 2.75 bits per heavy atom. The molecule has 6 nitrogen and oxygen atoms in total. The number of hydrogen-bond donors (Lipinski definition) is 1. The molecule has 0 saturated heterocycles. The quantitative estimate of drug-likeness (QED) is 0.856. The van der Waals surface area contributed by atoms with Gasteiger partial charge in [0.15, 0.2) is 23.0 Å². The van der Waals surface area contributed by atoms with E-state index in [-0.39, 0.29) is 18.1 Å². The molecule has 0 radical (unpaired) electrons. The molecular formula is C14H9NO5. The minimum atomic E-state index is -1.24. The van der Waals surface area contributed by atoms with Gasteiger partial charge in [-0.25, -0.2) is 9.78 Å². The molecule has 1 aromatic heterocycles. The standard InChI is InChI=1S/C14H9NO5/c16-13(9-2-1-5-15-12(9)14(17)18)8-3-4-10-11(6-8)20-7-19-10/h1-6H,7H2,(H,17,18). The van der Waals surface area contributed by atoms with Crippen LogP contribution >= 0.6 is 0 Å². The van der Waals surface area contributed by atoms with E-state index < -0.39 is 11.8 Å². The van der Waals surface area contributed by atoms with Gasteiger partial charge in [0, 0.05) is 11.8 Å². The molecule has 20 heavy (non-hydrogen) atoms. The van der Waals surface area contributed by atoms with Crippen LogP contribution in [0.1, 0.15) is 26.4 Å². The maximum absolute atomic E-state index is 12.4. The Balaban J connectivity index is 2.03. The molecule has 0 atom stereocenters. The molecule has 0 saturated carbocycles. The van der Waals surface area contributed by atoms with Crippen molar-refractivity contribution in [2.24, 2.45) is 0 Å². The maximum Gasteiger partial charge on any atom is 0.355 e. The number of fused-ring (bicyclic) bond motifs is 1. The number of nitrogens with zero attached hydrogens (tertiary/aromatic N) is 1. The largest absolute Gasteiger partial charge is 0.476 e. The van der Waals surface area contributed by atoms with Gasteiger partial charge in [0.25, 0.3) is 0 Å². The normalized spacial score (nSPS) is 12.2. The van der Waals surface area contributed by atoms with Gasteiger partial charge in [-0.1, -0.05) is 0 Å². The first-order chi connectivity index (χ1) is 9.66. The minimum absolute atomic E-state index is 0.0406. The Hall–Kier alpha value is -2.89. The lowest BCUT2D eigenvalue weighted by atomic mass is 10.0. The van der Waals surface area contributed by atoms with E-state index in [0.717, 1.165) is 0 Å². The van der Waals surface area contributed by atoms with Gasteiger partial charge in [0.2, 0.25) is 6.79 Å². The zero-order valence-corrected chi connectivity index (χ0v) is 10.2. The van der Waals surface area contributed by atoms with Gasteiger partial charge in [-0.05, 0) is 30.3 Å². The fourth-order valence-corrected chi connectivity index (χ4v) is 1.95. The van der Waals surface area contributed by atoms with Gasteiger partial charge in [0.1, 0.15) is 0 Å². The van der Waals surface area contributed by atoms with Gasteiger partial charge in [-0.15, -0.1) is 0 Å². The number of pyridine rings is 1. The second kappa shape index (κ2) is 4.65. The van der Waals surface area contributed by atoms with Crippen molar-refractivity contribution in [1.29, 1.82) is 0 Å². The summed E-state index contributed by atoms with van der Waals surface area (Å²) >= 11 is 0. The summed E-state index contributed by atoms with van der Waals surface area (Å²) < 4.78 is 10.4. The molecule has 1 aliphatic rings. The predicted molar refractivity (Wildman–Crippen MR) is 67.2 cm³/mol. The molecule has 0 amide bonds. The van der Waals surface area contributed by atoms with Crippen molar-refractivity contribution in [3.05, 3.63) is 53.3 Å². The van der Waals surface area contributed by atoms with Crippen LogP contribution in [0.4, 0.5) is 0 Å². The fraction of sp³-hybridized carbons (Fsp3) is 0.0714. The van der Waals surface area contributed by atoms with E-state index in [9.17, 15) is 9.59 Å². The summed E-state index contributed by atoms with van der Waals surface area (Å²) in [5, 5.41) is 9.06. The summed E-state index contributed by atoms with van der Waals surface area (Å²) in [6.07, 6.45) is 1.33. The Bertz CT molecular complexity index is 710. The average Bonchev–Trinajstić information content (AvgIpc) is 2.93. The van der Waals surface area contributed by atoms with Gasteiger partial charge in [-0.3, -0.25) is 4.79 Å². The lowest BCUT2D eigenvalue weighted by molar-refractivity contribution is 0.0686. The number of carboxylic acid groups (broad SMARTS) is 1. The number of carbonyl (C=O) groups excluding carboxylic acids is 1. The van der Waals surface area contributed by atoms with E-state index in [2.05, 4.69) is 4.98 Å². The third-order valence-electron chi connectivity index (χ3n) is 2.89. The monoisotopic (exact) mass is 271 g/mol. The van der Waals surface area contributed by atoms with Crippen LogP contribution in [0.3, 0.4) is 0 Å². The number of carboxylic acids is 1. The molecule has 1 aromatic carbocycles. The van der Waals surface area contributed by atoms with E-state index in [0.29, 0.717) is 17.1 Å². The molecular weight excluding hydrogens is 262 g/mol. The molecule has 1 N–H and O–H groups in total. The lowest BCUT2D eigenvalue weighted by Crippen LogP contribution is -2.11. The number of aromatic nitrogens is 1. The molecule has 6 heteroatoms. The molecule has 0 aliphatic carbocycles. The van der Waals surface area contributed by atoms with Crippen molar-refractivity contribution in [2.45, 2.75) is 0 Å². The number of ketones is 1. The smallest absolute Gasteiger partial charge is 0.355 e. The number of aromatic carboxylic acids is 1. The first kappa shape index (κ1) is 12.2. The van der Waals surface area contributed by atoms with Crippen LogP contribution in [0.5, 0.6) is 11.5 Å². The number of ether oxygens (including phenoxy) is 2. The topological polar surface area (TPSA) is 85.7 Å². The summed E-state index contributed by atoms with van der Waals surface area (Å²) in [6.45, 7) is 0.111. The highest BCUT2D eigenvalue weighted by molar-refractivity contribution is 6.13. The van der Waals surface area contributed by atoms with Crippen LogP contribution < -0.4 is 9.47 Å². The van der Waals surface area contributed by atoms with Crippen LogP contribution in [-0.2, 0) is 0 Å². The Labute approximate surface area is 113 Å². The van der Waals surface area contributed by atoms with Gasteiger partial charge >= 0.3 is 5.97 Å². The second-order valence-electron chi connectivity index (χ2n) is 4.10. The number of rotatable bonds is 3. The fourth-order valence-electron chi connectivity index (χ4n) is 1.95. The number of carbonyl (C=O) groups is 2. The molecule has 0 bridgehead atoms. The van der Waals surface area contributed by atoms with Crippen molar-refractivity contribution in [3.8, 4) is 11.5 Å². The molecule has 2 heterocycles. The van der Waals surface area contributed by atoms with Crippen LogP contribution in [0.15, 0.2) is 36.5 Å². The first-order valence-electron chi connectivity index (χ1n) is 5.79. The van der Waals surface area contributed by atoms with E-state index in [1.54, 1.807) is 12.1 Å². The van der Waals surface area contributed by atoms with E-state index in [1.165, 1.54) is 24.4 Å². The number of hydrogen-bond acceptors (Lipinski definition) is 5. The summed E-state index contributed by atoms with van der Waals surface area (Å²) in [5.74, 6) is -0.633. The highest BCUT2D eigenvalue weighted by Crippen LogP contribution is 2.33. The van der Waals surface area contributed by atoms with Crippen molar-refractivity contribution in [1.82, 2.24) is 4.98 Å². The SMILES string of the molecule is O=C(c1ccc2c(c1)OCO2)c1cccnc1C(=O)O. The summed E-state index contributed by atoms with van der Waals surface area (Å²) in [5.41, 5.74) is 0.0961. The zero-order chi connectivity index (χ0) is 14.1. The molecule has 0 unspecified atom stereocenters. The molecule has 100 valence electrons. The summed E-state index contributed by atoms with van der Waals surface area (Å²) in [6, 6.07) is 7.67. The second-order valence-corrected chi connectivity index (χ2v) is 4.10. The van der Waals surface area contributed by atoms with Gasteiger partial charge in [0.05, 0.1) is 5.56 Å². The van der Waals surface area contributed by atoms with Gasteiger partial charge < -0.3 is 14.6 Å². The van der Waals surface area contributed by atoms with E-state index in [4.69, 9.17) is 14.6 Å². The number of benzene rings is 1. The minimum Gasteiger partial charge on any atom is -0.476 e. The highest BCUT2D eigenvalue weighted by atomic mass is 16.7.